The number of halogens is 3. The quantitative estimate of drug-likeness (QED) is 0.449. The minimum atomic E-state index is -1.50. The van der Waals surface area contributed by atoms with E-state index in [1.165, 1.54) is 18.4 Å². The molecule has 0 spiro atoms. The van der Waals surface area contributed by atoms with E-state index in [1.54, 1.807) is 5.19 Å². The van der Waals surface area contributed by atoms with Gasteiger partial charge in [-0.3, -0.25) is 0 Å². The Bertz CT molecular complexity index is 486. The molecule has 0 saturated carbocycles. The van der Waals surface area contributed by atoms with Crippen molar-refractivity contribution in [3.05, 3.63) is 54.1 Å². The Kier molecular flexibility index (Phi) is 10.9. The second-order valence-electron chi connectivity index (χ2n) is 5.66. The summed E-state index contributed by atoms with van der Waals surface area (Å²) in [6.45, 7) is 7.22. The van der Waals surface area contributed by atoms with E-state index in [1.807, 2.05) is 0 Å². The van der Waals surface area contributed by atoms with Crippen molar-refractivity contribution in [1.29, 1.82) is 0 Å². The SMILES string of the molecule is CCCC1=C[C]([Ti+3])([Si](C)(C)c2ccccc2)C=C1.[Cl-].[Cl-].[Cl-]. The molecular formula is C16H21Cl3SiTi. The maximum Gasteiger partial charge on any atom is -1.00 e. The van der Waals surface area contributed by atoms with Gasteiger partial charge in [0.05, 0.1) is 0 Å². The van der Waals surface area contributed by atoms with Gasteiger partial charge < -0.3 is 37.2 Å². The Hall–Kier alpha value is 0.501. The Balaban J connectivity index is 0. The van der Waals surface area contributed by atoms with Gasteiger partial charge in [0.2, 0.25) is 0 Å². The third-order valence-corrected chi connectivity index (χ3v) is 11.6. The van der Waals surface area contributed by atoms with Gasteiger partial charge in [0, 0.05) is 0 Å². The van der Waals surface area contributed by atoms with Gasteiger partial charge in [0.15, 0.2) is 0 Å². The van der Waals surface area contributed by atoms with Crippen LogP contribution in [-0.4, -0.2) is 8.07 Å². The Morgan fingerprint density at radius 1 is 1.05 bits per heavy atom. The molecule has 0 heterocycles. The number of rotatable bonds is 4. The molecule has 0 nitrogen and oxygen atoms in total. The maximum atomic E-state index is 2.52. The van der Waals surface area contributed by atoms with Crippen LogP contribution >= 0.6 is 0 Å². The molecule has 0 fully saturated rings. The van der Waals surface area contributed by atoms with Crippen LogP contribution in [0.2, 0.25) is 16.4 Å². The molecule has 1 aliphatic rings. The molecule has 0 aromatic heterocycles. The van der Waals surface area contributed by atoms with E-state index in [0.29, 0.717) is 0 Å². The maximum absolute atomic E-state index is 2.52. The van der Waals surface area contributed by atoms with Gasteiger partial charge in [0.25, 0.3) is 0 Å². The summed E-state index contributed by atoms with van der Waals surface area (Å²) in [5.74, 6) is 0. The second-order valence-corrected chi connectivity index (χ2v) is 12.4. The molecule has 1 aromatic rings. The molecule has 0 N–H and O–H groups in total. The average Bonchev–Trinajstić information content (AvgIpc) is 2.74. The van der Waals surface area contributed by atoms with E-state index in [-0.39, 0.29) is 40.6 Å². The molecule has 0 aliphatic heterocycles. The number of hydrogen-bond acceptors (Lipinski definition) is 0. The van der Waals surface area contributed by atoms with Crippen LogP contribution in [0.15, 0.2) is 54.1 Å². The molecule has 1 unspecified atom stereocenters. The zero-order chi connectivity index (χ0) is 13.2. The summed E-state index contributed by atoms with van der Waals surface area (Å²) in [6.07, 6.45) is 9.76. The first-order chi connectivity index (χ1) is 8.49. The van der Waals surface area contributed by atoms with E-state index >= 15 is 0 Å². The van der Waals surface area contributed by atoms with Gasteiger partial charge in [-0.2, -0.15) is 0 Å². The first kappa shape index (κ1) is 23.8. The molecule has 1 aromatic carbocycles. The molecule has 0 radical (unpaired) electrons. The summed E-state index contributed by atoms with van der Waals surface area (Å²) in [4.78, 5) is 0. The van der Waals surface area contributed by atoms with Crippen LogP contribution in [0, 0.1) is 0 Å². The summed E-state index contributed by atoms with van der Waals surface area (Å²) < 4.78 is 0.263. The van der Waals surface area contributed by atoms with Crippen LogP contribution in [0.1, 0.15) is 19.8 Å². The van der Waals surface area contributed by atoms with Crippen molar-refractivity contribution in [2.45, 2.75) is 36.2 Å². The summed E-state index contributed by atoms with van der Waals surface area (Å²) in [5, 5.41) is 1.55. The van der Waals surface area contributed by atoms with Crippen molar-refractivity contribution >= 4 is 13.3 Å². The summed E-state index contributed by atoms with van der Waals surface area (Å²) >= 11 is 2.41. The molecule has 0 bridgehead atoms. The zero-order valence-electron chi connectivity index (χ0n) is 12.7. The van der Waals surface area contributed by atoms with E-state index in [0.717, 1.165) is 0 Å². The Morgan fingerprint density at radius 3 is 2.14 bits per heavy atom. The molecule has 1 atom stereocenters. The first-order valence-corrected chi connectivity index (χ1v) is 10.5. The summed E-state index contributed by atoms with van der Waals surface area (Å²) in [7, 11) is -1.50. The van der Waals surface area contributed by atoms with E-state index in [9.17, 15) is 0 Å². The third kappa shape index (κ3) is 4.99. The van der Waals surface area contributed by atoms with Gasteiger partial charge in [-0.05, 0) is 0 Å². The predicted octanol–water partition coefficient (Wildman–Crippen LogP) is -4.84. The Morgan fingerprint density at radius 2 is 1.62 bits per heavy atom. The molecular weight excluding hydrogens is 374 g/mol. The monoisotopic (exact) mass is 394 g/mol. The van der Waals surface area contributed by atoms with Crippen molar-refractivity contribution in [2.75, 3.05) is 0 Å². The molecule has 0 amide bonds. The van der Waals surface area contributed by atoms with E-state index in [4.69, 9.17) is 0 Å². The molecule has 2 rings (SSSR count). The van der Waals surface area contributed by atoms with Crippen molar-refractivity contribution in [3.8, 4) is 0 Å². The van der Waals surface area contributed by atoms with Crippen LogP contribution in [0.4, 0.5) is 0 Å². The second kappa shape index (κ2) is 9.60. The van der Waals surface area contributed by atoms with Gasteiger partial charge in [0.1, 0.15) is 0 Å². The van der Waals surface area contributed by atoms with Crippen LogP contribution in [0.3, 0.4) is 0 Å². The molecule has 1 aliphatic carbocycles. The molecule has 5 heteroatoms. The summed E-state index contributed by atoms with van der Waals surface area (Å²) in [6, 6.07) is 11.1. The number of benzene rings is 1. The van der Waals surface area contributed by atoms with Gasteiger partial charge >= 0.3 is 124 Å². The van der Waals surface area contributed by atoms with Gasteiger partial charge in [-0.15, -0.1) is 0 Å². The minimum absolute atomic E-state index is 0. The van der Waals surface area contributed by atoms with Crippen LogP contribution in [0.5, 0.6) is 0 Å². The smallest absolute Gasteiger partial charge is 1.00 e. The van der Waals surface area contributed by atoms with Crippen molar-refractivity contribution in [3.63, 3.8) is 0 Å². The van der Waals surface area contributed by atoms with Crippen molar-refractivity contribution in [2.24, 2.45) is 0 Å². The van der Waals surface area contributed by atoms with Gasteiger partial charge in [-0.25, -0.2) is 0 Å². The topological polar surface area (TPSA) is 0 Å². The molecule has 21 heavy (non-hydrogen) atoms. The zero-order valence-corrected chi connectivity index (χ0v) is 17.5. The van der Waals surface area contributed by atoms with Gasteiger partial charge in [-0.1, -0.05) is 0 Å². The standard InChI is InChI=1S/C16H21Si.3ClH.Ti/c1-4-8-14-11-12-16(13-14)17(2,3)15-9-6-5-7-10-15;;;;/h5-7,9-13H,4,8H2,1-3H3;3*1H;/q;;;;+3/p-3. The summed E-state index contributed by atoms with van der Waals surface area (Å²) in [5.41, 5.74) is 1.52. The van der Waals surface area contributed by atoms with E-state index < -0.39 is 8.07 Å². The van der Waals surface area contributed by atoms with Crippen LogP contribution in [0.25, 0.3) is 0 Å². The van der Waals surface area contributed by atoms with Crippen molar-refractivity contribution < 1.29 is 57.7 Å². The van der Waals surface area contributed by atoms with Crippen LogP contribution in [-0.2, 0) is 20.4 Å². The number of hydrogen-bond donors (Lipinski definition) is 0. The molecule has 114 valence electrons. The fourth-order valence-electron chi connectivity index (χ4n) is 2.55. The average molecular weight is 396 g/mol. The van der Waals surface area contributed by atoms with Crippen molar-refractivity contribution in [1.82, 2.24) is 0 Å². The first-order valence-electron chi connectivity index (χ1n) is 6.71. The largest absolute Gasteiger partial charge is 1.00 e. The predicted molar refractivity (Wildman–Crippen MR) is 78.4 cm³/mol. The minimum Gasteiger partial charge on any atom is -1.00 e. The number of allylic oxidation sites excluding steroid dienone is 4. The van der Waals surface area contributed by atoms with Crippen LogP contribution < -0.4 is 42.4 Å². The fraction of sp³-hybridized carbons (Fsp3) is 0.375. The fourth-order valence-corrected chi connectivity index (χ4v) is 6.20. The normalized spacial score (nSPS) is 20.0. The molecule has 0 saturated heterocycles. The van der Waals surface area contributed by atoms with E-state index in [2.05, 4.69) is 89.0 Å². The third-order valence-electron chi connectivity index (χ3n) is 4.04. The Labute approximate surface area is 160 Å².